The highest BCUT2D eigenvalue weighted by molar-refractivity contribution is 8.93. The van der Waals surface area contributed by atoms with Crippen molar-refractivity contribution in [3.8, 4) is 5.75 Å². The molecule has 0 bridgehead atoms. The van der Waals surface area contributed by atoms with Gasteiger partial charge < -0.3 is 15.0 Å². The summed E-state index contributed by atoms with van der Waals surface area (Å²) in [7, 11) is 0. The lowest BCUT2D eigenvalue weighted by atomic mass is 10.1. The van der Waals surface area contributed by atoms with Gasteiger partial charge in [-0.3, -0.25) is 4.79 Å². The second-order valence-corrected chi connectivity index (χ2v) is 11.8. The maximum absolute atomic E-state index is 12.7. The van der Waals surface area contributed by atoms with E-state index in [0.29, 0.717) is 6.42 Å². The van der Waals surface area contributed by atoms with Crippen molar-refractivity contribution in [2.75, 3.05) is 17.8 Å². The van der Waals surface area contributed by atoms with Crippen molar-refractivity contribution in [3.63, 3.8) is 0 Å². The zero-order valence-electron chi connectivity index (χ0n) is 24.1. The van der Waals surface area contributed by atoms with E-state index in [1.165, 1.54) is 81.1 Å². The predicted octanol–water partition coefficient (Wildman–Crippen LogP) is 9.89. The standard InChI is InChI=1S/C33H48N2O2S.BrH/c1-3-4-5-6-7-8-9-10-11-12-13-14-21-37-32-20-16-17-29(23-32)24-33(36)34-31-19-15-18-30(22-31)26-35-25-28(2)38-27-35;/h15-20,22-23,25H,3-14,21,24,26-27H2,1-2H3,(H,34,36);1H. The van der Waals surface area contributed by atoms with Crippen LogP contribution >= 0.6 is 28.7 Å². The van der Waals surface area contributed by atoms with Crippen LogP contribution in [0.3, 0.4) is 0 Å². The van der Waals surface area contributed by atoms with Gasteiger partial charge in [-0.25, -0.2) is 0 Å². The molecular weight excluding hydrogens is 568 g/mol. The minimum Gasteiger partial charge on any atom is -0.494 e. The lowest BCUT2D eigenvalue weighted by Gasteiger charge is -2.15. The number of allylic oxidation sites excluding steroid dienone is 1. The molecule has 2 aromatic rings. The van der Waals surface area contributed by atoms with Crippen molar-refractivity contribution >= 4 is 40.3 Å². The molecule has 1 amide bonds. The molecule has 1 N–H and O–H groups in total. The Morgan fingerprint density at radius 3 is 2.18 bits per heavy atom. The summed E-state index contributed by atoms with van der Waals surface area (Å²) in [5.74, 6) is 1.83. The van der Waals surface area contributed by atoms with Crippen molar-refractivity contribution in [2.45, 2.75) is 104 Å². The maximum atomic E-state index is 12.7. The first kappa shape index (κ1) is 33.3. The average molecular weight is 618 g/mol. The summed E-state index contributed by atoms with van der Waals surface area (Å²) < 4.78 is 5.98. The van der Waals surface area contributed by atoms with E-state index in [2.05, 4.69) is 42.4 Å². The van der Waals surface area contributed by atoms with E-state index < -0.39 is 0 Å². The predicted molar refractivity (Wildman–Crippen MR) is 174 cm³/mol. The van der Waals surface area contributed by atoms with Crippen molar-refractivity contribution < 1.29 is 9.53 Å². The molecule has 0 fully saturated rings. The zero-order chi connectivity index (χ0) is 26.8. The highest BCUT2D eigenvalue weighted by Gasteiger charge is 2.11. The summed E-state index contributed by atoms with van der Waals surface area (Å²) in [5, 5.41) is 3.06. The molecule has 1 aliphatic rings. The monoisotopic (exact) mass is 616 g/mol. The Kier molecular flexibility index (Phi) is 17.1. The fraction of sp³-hybridized carbons (Fsp3) is 0.545. The summed E-state index contributed by atoms with van der Waals surface area (Å²) in [6.45, 7) is 6.01. The number of carbonyl (C=O) groups excluding carboxylic acids is 1. The number of nitrogens with zero attached hydrogens (tertiary/aromatic N) is 1. The van der Waals surface area contributed by atoms with Crippen LogP contribution < -0.4 is 10.1 Å². The summed E-state index contributed by atoms with van der Waals surface area (Å²) >= 11 is 1.86. The Morgan fingerprint density at radius 2 is 1.51 bits per heavy atom. The summed E-state index contributed by atoms with van der Waals surface area (Å²) in [6, 6.07) is 16.1. The van der Waals surface area contributed by atoms with Crippen LogP contribution in [0.5, 0.6) is 5.75 Å². The largest absolute Gasteiger partial charge is 0.494 e. The van der Waals surface area contributed by atoms with Gasteiger partial charge in [0.05, 0.1) is 18.9 Å². The normalized spacial score (nSPS) is 12.7. The molecule has 4 nitrogen and oxygen atoms in total. The van der Waals surface area contributed by atoms with Crippen molar-refractivity contribution in [1.82, 2.24) is 4.90 Å². The Labute approximate surface area is 252 Å². The number of nitrogens with one attached hydrogen (secondary N) is 1. The molecule has 0 unspecified atom stereocenters. The number of hydrogen-bond donors (Lipinski definition) is 1. The number of carbonyl (C=O) groups is 1. The van der Waals surface area contributed by atoms with Crippen LogP contribution in [0, 0.1) is 0 Å². The molecule has 0 atom stereocenters. The molecule has 39 heavy (non-hydrogen) atoms. The number of anilines is 1. The fourth-order valence-electron chi connectivity index (χ4n) is 4.86. The lowest BCUT2D eigenvalue weighted by molar-refractivity contribution is -0.115. The third-order valence-corrected chi connectivity index (χ3v) is 7.97. The summed E-state index contributed by atoms with van der Waals surface area (Å²) in [6.07, 6.45) is 18.6. The zero-order valence-corrected chi connectivity index (χ0v) is 26.6. The highest BCUT2D eigenvalue weighted by atomic mass is 79.9. The van der Waals surface area contributed by atoms with Gasteiger partial charge in [0.1, 0.15) is 5.75 Å². The third-order valence-electron chi connectivity index (χ3n) is 6.95. The van der Waals surface area contributed by atoms with Gasteiger partial charge in [0, 0.05) is 18.4 Å². The first-order valence-corrected chi connectivity index (χ1v) is 15.8. The molecule has 1 heterocycles. The number of benzene rings is 2. The molecule has 0 saturated heterocycles. The van der Waals surface area contributed by atoms with Crippen molar-refractivity contribution in [2.24, 2.45) is 0 Å². The minimum absolute atomic E-state index is 0. The number of amides is 1. The van der Waals surface area contributed by atoms with Crippen molar-refractivity contribution in [1.29, 1.82) is 0 Å². The molecule has 1 aliphatic heterocycles. The Bertz CT molecular complexity index is 997. The Hall–Kier alpha value is -1.92. The van der Waals surface area contributed by atoms with E-state index in [-0.39, 0.29) is 22.9 Å². The van der Waals surface area contributed by atoms with Crippen LogP contribution in [-0.2, 0) is 17.8 Å². The molecule has 0 radical (unpaired) electrons. The van der Waals surface area contributed by atoms with Gasteiger partial charge in [0.15, 0.2) is 0 Å². The number of thioether (sulfide) groups is 1. The molecule has 216 valence electrons. The Morgan fingerprint density at radius 1 is 0.872 bits per heavy atom. The van der Waals surface area contributed by atoms with Crippen LogP contribution in [0.15, 0.2) is 59.6 Å². The first-order chi connectivity index (χ1) is 18.6. The van der Waals surface area contributed by atoms with E-state index in [0.717, 1.165) is 42.4 Å². The molecule has 6 heteroatoms. The smallest absolute Gasteiger partial charge is 0.228 e. The van der Waals surface area contributed by atoms with Crippen LogP contribution in [0.4, 0.5) is 5.69 Å². The number of rotatable bonds is 19. The Balaban J connectivity index is 0.00000533. The lowest BCUT2D eigenvalue weighted by Crippen LogP contribution is -2.15. The van der Waals surface area contributed by atoms with Gasteiger partial charge in [-0.2, -0.15) is 0 Å². The van der Waals surface area contributed by atoms with Gasteiger partial charge in [-0.15, -0.1) is 28.7 Å². The van der Waals surface area contributed by atoms with Gasteiger partial charge in [0.25, 0.3) is 0 Å². The molecule has 3 rings (SSSR count). The molecule has 0 saturated carbocycles. The summed E-state index contributed by atoms with van der Waals surface area (Å²) in [5.41, 5.74) is 3.02. The SMILES string of the molecule is Br.CCCCCCCCCCCCCCOc1cccc(CC(=O)Nc2cccc(CN3C=C(C)SC3)c2)c1. The van der Waals surface area contributed by atoms with E-state index in [1.807, 2.05) is 48.2 Å². The van der Waals surface area contributed by atoms with Crippen LogP contribution in [0.1, 0.15) is 102 Å². The molecular formula is C33H49BrN2O2S. The van der Waals surface area contributed by atoms with Gasteiger partial charge >= 0.3 is 0 Å². The van der Waals surface area contributed by atoms with Gasteiger partial charge in [0.2, 0.25) is 5.91 Å². The van der Waals surface area contributed by atoms with Crippen LogP contribution in [-0.4, -0.2) is 23.3 Å². The second-order valence-electron chi connectivity index (χ2n) is 10.6. The quantitative estimate of drug-likeness (QED) is 0.159. The topological polar surface area (TPSA) is 41.6 Å². The van der Waals surface area contributed by atoms with Crippen LogP contribution in [0.25, 0.3) is 0 Å². The maximum Gasteiger partial charge on any atom is 0.228 e. The molecule has 0 aliphatic carbocycles. The first-order valence-electron chi connectivity index (χ1n) is 14.8. The van der Waals surface area contributed by atoms with Gasteiger partial charge in [-0.1, -0.05) is 102 Å². The molecule has 2 aromatic carbocycles. The fourth-order valence-corrected chi connectivity index (χ4v) is 5.62. The van der Waals surface area contributed by atoms with Gasteiger partial charge in [-0.05, 0) is 53.6 Å². The van der Waals surface area contributed by atoms with E-state index in [1.54, 1.807) is 0 Å². The van der Waals surface area contributed by atoms with E-state index in [9.17, 15) is 4.79 Å². The van der Waals surface area contributed by atoms with Crippen LogP contribution in [0.2, 0.25) is 0 Å². The average Bonchev–Trinajstić information content (AvgIpc) is 3.31. The summed E-state index contributed by atoms with van der Waals surface area (Å²) in [4.78, 5) is 16.3. The number of ether oxygens (including phenoxy) is 1. The second kappa shape index (κ2) is 20.0. The number of hydrogen-bond acceptors (Lipinski definition) is 4. The number of halogens is 1. The molecule has 0 aromatic heterocycles. The van der Waals surface area contributed by atoms with Crippen molar-refractivity contribution in [3.05, 3.63) is 70.8 Å². The third kappa shape index (κ3) is 14.3. The molecule has 0 spiro atoms. The van der Waals surface area contributed by atoms with E-state index >= 15 is 0 Å². The number of unbranched alkanes of at least 4 members (excludes halogenated alkanes) is 11. The highest BCUT2D eigenvalue weighted by Crippen LogP contribution is 2.26. The minimum atomic E-state index is -0.00673. The van der Waals surface area contributed by atoms with E-state index in [4.69, 9.17) is 4.74 Å².